The Morgan fingerprint density at radius 2 is 0.981 bits per heavy atom. The van der Waals surface area contributed by atoms with Crippen molar-refractivity contribution in [3.05, 3.63) is 36.5 Å². The molecule has 0 aliphatic heterocycles. The molecular formula is C45H86NO7P. The number of hydrogen-bond donors (Lipinski definition) is 2. The minimum Gasteiger partial charge on any atom is -0.457 e. The number of nitrogens with two attached hydrogens (primary N) is 1. The third-order valence-corrected chi connectivity index (χ3v) is 10.5. The number of phosphoric ester groups is 1. The molecule has 0 aromatic carbocycles. The van der Waals surface area contributed by atoms with Crippen molar-refractivity contribution < 1.29 is 32.8 Å². The van der Waals surface area contributed by atoms with Crippen LogP contribution in [-0.4, -0.2) is 49.9 Å². The van der Waals surface area contributed by atoms with Gasteiger partial charge in [-0.05, 0) is 51.4 Å². The number of esters is 1. The highest BCUT2D eigenvalue weighted by molar-refractivity contribution is 7.47. The van der Waals surface area contributed by atoms with Crippen molar-refractivity contribution in [1.82, 2.24) is 0 Å². The van der Waals surface area contributed by atoms with E-state index >= 15 is 0 Å². The lowest BCUT2D eigenvalue weighted by molar-refractivity contribution is -0.154. The van der Waals surface area contributed by atoms with Crippen molar-refractivity contribution in [3.63, 3.8) is 0 Å². The fraction of sp³-hybridized carbons (Fsp3) is 0.844. The van der Waals surface area contributed by atoms with Gasteiger partial charge in [0.05, 0.1) is 19.8 Å². The highest BCUT2D eigenvalue weighted by Crippen LogP contribution is 2.43. The molecule has 0 rings (SSSR count). The third kappa shape index (κ3) is 41.9. The van der Waals surface area contributed by atoms with Crippen LogP contribution in [0, 0.1) is 0 Å². The Morgan fingerprint density at radius 3 is 1.46 bits per heavy atom. The van der Waals surface area contributed by atoms with E-state index in [1.54, 1.807) is 0 Å². The summed E-state index contributed by atoms with van der Waals surface area (Å²) in [6.45, 7) is 4.90. The second-order valence-corrected chi connectivity index (χ2v) is 16.4. The maximum absolute atomic E-state index is 12.5. The van der Waals surface area contributed by atoms with E-state index in [9.17, 15) is 14.3 Å². The van der Waals surface area contributed by atoms with Crippen molar-refractivity contribution in [2.24, 2.45) is 5.73 Å². The van der Waals surface area contributed by atoms with E-state index in [2.05, 4.69) is 50.3 Å². The van der Waals surface area contributed by atoms with Crippen LogP contribution in [0.1, 0.15) is 206 Å². The number of rotatable bonds is 43. The first kappa shape index (κ1) is 52.7. The molecule has 318 valence electrons. The lowest BCUT2D eigenvalue weighted by Crippen LogP contribution is -2.28. The normalized spacial score (nSPS) is 13.8. The number of ether oxygens (including phenoxy) is 2. The van der Waals surface area contributed by atoms with Gasteiger partial charge in [0.15, 0.2) is 0 Å². The minimum absolute atomic E-state index is 0.0951. The predicted molar refractivity (Wildman–Crippen MR) is 229 cm³/mol. The average Bonchev–Trinajstić information content (AvgIpc) is 3.16. The Hall–Kier alpha value is -1.28. The number of unbranched alkanes of at least 4 members (excludes halogenated alkanes) is 24. The van der Waals surface area contributed by atoms with E-state index in [1.165, 1.54) is 141 Å². The molecule has 2 unspecified atom stereocenters. The molecular weight excluding hydrogens is 697 g/mol. The number of carbonyl (C=O) groups is 1. The van der Waals surface area contributed by atoms with E-state index in [4.69, 9.17) is 24.3 Å². The molecule has 54 heavy (non-hydrogen) atoms. The van der Waals surface area contributed by atoms with Gasteiger partial charge < -0.3 is 20.1 Å². The van der Waals surface area contributed by atoms with Gasteiger partial charge in [0, 0.05) is 19.6 Å². The Kier molecular flexibility index (Phi) is 41.8. The number of hydrogen-bond acceptors (Lipinski definition) is 7. The molecule has 0 aromatic rings. The fourth-order valence-electron chi connectivity index (χ4n) is 6.24. The minimum atomic E-state index is -4.27. The molecule has 0 amide bonds. The van der Waals surface area contributed by atoms with Crippen LogP contribution in [0.4, 0.5) is 0 Å². The van der Waals surface area contributed by atoms with Gasteiger partial charge in [-0.15, -0.1) is 0 Å². The van der Waals surface area contributed by atoms with Gasteiger partial charge >= 0.3 is 13.8 Å². The summed E-state index contributed by atoms with van der Waals surface area (Å²) in [6.07, 6.45) is 48.9. The summed E-state index contributed by atoms with van der Waals surface area (Å²) in [5, 5.41) is 0. The van der Waals surface area contributed by atoms with E-state index < -0.39 is 13.9 Å². The molecule has 0 bridgehead atoms. The van der Waals surface area contributed by atoms with Crippen molar-refractivity contribution in [1.29, 1.82) is 0 Å². The van der Waals surface area contributed by atoms with Crippen LogP contribution in [0.15, 0.2) is 36.5 Å². The molecule has 0 fully saturated rings. The topological polar surface area (TPSA) is 117 Å². The van der Waals surface area contributed by atoms with E-state index in [0.717, 1.165) is 44.9 Å². The molecule has 3 N–H and O–H groups in total. The van der Waals surface area contributed by atoms with Gasteiger partial charge in [0.1, 0.15) is 6.10 Å². The molecule has 0 saturated carbocycles. The van der Waals surface area contributed by atoms with Crippen LogP contribution >= 0.6 is 7.82 Å². The molecule has 0 saturated heterocycles. The van der Waals surface area contributed by atoms with Gasteiger partial charge in [-0.3, -0.25) is 13.8 Å². The van der Waals surface area contributed by atoms with Crippen LogP contribution in [0.3, 0.4) is 0 Å². The van der Waals surface area contributed by atoms with Gasteiger partial charge in [0.25, 0.3) is 0 Å². The lowest BCUT2D eigenvalue weighted by Gasteiger charge is -2.20. The SMILES string of the molecule is CCCCCCC/C=C\C/C=C\C/C=C\CCCCCCCCCCCCCOCC(COP(=O)(O)OCCN)OC(=O)CCCCCCCCCCC. The second kappa shape index (κ2) is 42.9. The summed E-state index contributed by atoms with van der Waals surface area (Å²) < 4.78 is 33.3. The van der Waals surface area contributed by atoms with Gasteiger partial charge in [-0.25, -0.2) is 4.57 Å². The van der Waals surface area contributed by atoms with E-state index in [1.807, 2.05) is 0 Å². The Labute approximate surface area is 333 Å². The smallest absolute Gasteiger partial charge is 0.457 e. The average molecular weight is 784 g/mol. The van der Waals surface area contributed by atoms with Crippen LogP contribution < -0.4 is 5.73 Å². The molecule has 0 aromatic heterocycles. The van der Waals surface area contributed by atoms with Crippen LogP contribution in [0.2, 0.25) is 0 Å². The summed E-state index contributed by atoms with van der Waals surface area (Å²) in [7, 11) is -4.27. The monoisotopic (exact) mass is 784 g/mol. The van der Waals surface area contributed by atoms with Crippen LogP contribution in [-0.2, 0) is 27.9 Å². The standard InChI is InChI=1S/C45H86NO7P/c1-3-5-7-9-11-13-14-15-16-17-18-19-20-21-22-23-24-25-26-27-28-29-31-33-35-37-40-50-42-44(43-52-54(48,49)51-41-39-46)53-45(47)38-36-34-32-30-12-10-8-6-4-2/h14-15,17-18,20-21,44H,3-13,16,19,22-43,46H2,1-2H3,(H,48,49)/b15-14-,18-17-,21-20-. The zero-order valence-electron chi connectivity index (χ0n) is 35.2. The molecule has 0 aliphatic carbocycles. The first-order valence-electron chi connectivity index (χ1n) is 22.5. The maximum atomic E-state index is 12.5. The van der Waals surface area contributed by atoms with Crippen molar-refractivity contribution >= 4 is 13.8 Å². The largest absolute Gasteiger partial charge is 0.472 e. The van der Waals surface area contributed by atoms with E-state index in [0.29, 0.717) is 13.0 Å². The van der Waals surface area contributed by atoms with Crippen LogP contribution in [0.5, 0.6) is 0 Å². The highest BCUT2D eigenvalue weighted by Gasteiger charge is 2.25. The van der Waals surface area contributed by atoms with Crippen molar-refractivity contribution in [3.8, 4) is 0 Å². The van der Waals surface area contributed by atoms with Crippen molar-refractivity contribution in [2.45, 2.75) is 213 Å². The predicted octanol–water partition coefficient (Wildman–Crippen LogP) is 13.4. The number of allylic oxidation sites excluding steroid dienone is 6. The Bertz CT molecular complexity index is 926. The maximum Gasteiger partial charge on any atom is 0.472 e. The molecule has 0 heterocycles. The third-order valence-electron chi connectivity index (χ3n) is 9.56. The quantitative estimate of drug-likeness (QED) is 0.0272. The van der Waals surface area contributed by atoms with Gasteiger partial charge in [-0.2, -0.15) is 0 Å². The second-order valence-electron chi connectivity index (χ2n) is 14.9. The van der Waals surface area contributed by atoms with Gasteiger partial charge in [0.2, 0.25) is 0 Å². The zero-order chi connectivity index (χ0) is 39.5. The number of carbonyl (C=O) groups excluding carboxylic acids is 1. The molecule has 0 spiro atoms. The summed E-state index contributed by atoms with van der Waals surface area (Å²) in [4.78, 5) is 22.4. The molecule has 2 atom stereocenters. The fourth-order valence-corrected chi connectivity index (χ4v) is 7.00. The highest BCUT2D eigenvalue weighted by atomic mass is 31.2. The molecule has 0 aliphatic rings. The molecule has 9 heteroatoms. The van der Waals surface area contributed by atoms with E-state index in [-0.39, 0.29) is 32.3 Å². The van der Waals surface area contributed by atoms with Crippen LogP contribution in [0.25, 0.3) is 0 Å². The van der Waals surface area contributed by atoms with Crippen molar-refractivity contribution in [2.75, 3.05) is 33.0 Å². The summed E-state index contributed by atoms with van der Waals surface area (Å²) in [6, 6.07) is 0. The lowest BCUT2D eigenvalue weighted by atomic mass is 10.1. The molecule has 8 nitrogen and oxygen atoms in total. The Morgan fingerprint density at radius 1 is 0.556 bits per heavy atom. The first-order chi connectivity index (χ1) is 26.4. The van der Waals surface area contributed by atoms with Gasteiger partial charge in [-0.1, -0.05) is 185 Å². The summed E-state index contributed by atoms with van der Waals surface area (Å²) in [5.41, 5.74) is 5.36. The molecule has 0 radical (unpaired) electrons. The summed E-state index contributed by atoms with van der Waals surface area (Å²) >= 11 is 0. The first-order valence-corrected chi connectivity index (χ1v) is 24.0. The zero-order valence-corrected chi connectivity index (χ0v) is 36.1. The summed E-state index contributed by atoms with van der Waals surface area (Å²) in [5.74, 6) is -0.334. The Balaban J connectivity index is 3.86. The number of phosphoric acid groups is 1.